The molecule has 4 amide bonds. The summed E-state index contributed by atoms with van der Waals surface area (Å²) in [5, 5.41) is 24.1. The van der Waals surface area contributed by atoms with Gasteiger partial charge in [-0.2, -0.15) is 10.2 Å². The number of carbonyl (C=O) groups excluding carboxylic acids is 4. The summed E-state index contributed by atoms with van der Waals surface area (Å²) in [7, 11) is 5.16. The Kier molecular flexibility index (Phi) is 13.8. The summed E-state index contributed by atoms with van der Waals surface area (Å²) in [6.45, 7) is 7.49. The van der Waals surface area contributed by atoms with E-state index in [9.17, 15) is 19.2 Å². The summed E-state index contributed by atoms with van der Waals surface area (Å²) >= 11 is 0. The number of methoxy groups -OCH3 is 1. The van der Waals surface area contributed by atoms with Crippen LogP contribution in [0.1, 0.15) is 63.0 Å². The molecule has 1 aliphatic carbocycles. The highest BCUT2D eigenvalue weighted by molar-refractivity contribution is 6.01. The summed E-state index contributed by atoms with van der Waals surface area (Å²) in [5.74, 6) is 0.307. The van der Waals surface area contributed by atoms with Crippen molar-refractivity contribution < 1.29 is 28.7 Å². The van der Waals surface area contributed by atoms with Gasteiger partial charge in [0.15, 0.2) is 0 Å². The molecule has 1 unspecified atom stereocenters. The number of amides is 4. The SMILES string of the molecule is COC1CN(CCc2cc3n(n2)CC[C@H](NC(=O)c2ncn(Cc4ccccc4COC4CN(CCc5cc6n(n5)CC[C@@H](NC(=O)c5ncn(CC7C=CC=CC7)n5)C(=O)N6C)C4)n2)C(=O)N3C)C1. The predicted molar refractivity (Wildman–Crippen MR) is 255 cm³/mol. The van der Waals surface area contributed by atoms with Crippen LogP contribution in [0, 0.1) is 5.92 Å². The van der Waals surface area contributed by atoms with Crippen LogP contribution >= 0.6 is 0 Å². The number of ether oxygens (including phenoxy) is 2. The molecule has 70 heavy (non-hydrogen) atoms. The van der Waals surface area contributed by atoms with Crippen molar-refractivity contribution in [3.8, 4) is 0 Å². The number of rotatable bonds is 18. The molecule has 4 aliphatic heterocycles. The monoisotopic (exact) mass is 956 g/mol. The quantitative estimate of drug-likeness (QED) is 0.126. The normalized spacial score (nSPS) is 21.0. The number of likely N-dealkylation sites (N-methyl/N-ethyl adjacent to an activating group) is 2. The molecule has 3 atom stereocenters. The van der Waals surface area contributed by atoms with E-state index in [1.165, 1.54) is 6.33 Å². The summed E-state index contributed by atoms with van der Waals surface area (Å²) in [5.41, 5.74) is 3.84. The molecule has 1 aromatic carbocycles. The number of aryl methyl sites for hydroxylation is 2. The van der Waals surface area contributed by atoms with Gasteiger partial charge in [-0.1, -0.05) is 48.6 Å². The number of benzene rings is 1. The van der Waals surface area contributed by atoms with E-state index in [0.29, 0.717) is 75.7 Å². The molecule has 0 spiro atoms. The third-order valence-electron chi connectivity index (χ3n) is 13.9. The second-order valence-electron chi connectivity index (χ2n) is 18.8. The zero-order valence-electron chi connectivity index (χ0n) is 39.8. The Morgan fingerprint density at radius 3 is 1.84 bits per heavy atom. The van der Waals surface area contributed by atoms with E-state index in [1.807, 2.05) is 57.9 Å². The lowest BCUT2D eigenvalue weighted by molar-refractivity contribution is -0.120. The Balaban J connectivity index is 0.646. The number of aromatic nitrogens is 10. The lowest BCUT2D eigenvalue weighted by Crippen LogP contribution is -2.52. The minimum atomic E-state index is -0.747. The fourth-order valence-corrected chi connectivity index (χ4v) is 9.60. The molecular weight excluding hydrogens is 897 g/mol. The molecule has 0 bridgehead atoms. The van der Waals surface area contributed by atoms with Gasteiger partial charge in [0.1, 0.15) is 36.4 Å². The van der Waals surface area contributed by atoms with Gasteiger partial charge in [-0.05, 0) is 30.4 Å². The summed E-state index contributed by atoms with van der Waals surface area (Å²) < 4.78 is 18.7. The molecule has 5 aliphatic rings. The first-order chi connectivity index (χ1) is 34.0. The minimum Gasteiger partial charge on any atom is -0.379 e. The summed E-state index contributed by atoms with van der Waals surface area (Å²) in [4.78, 5) is 69.7. The number of anilines is 2. The first kappa shape index (κ1) is 46.8. The Bertz CT molecular complexity index is 2760. The molecule has 8 heterocycles. The van der Waals surface area contributed by atoms with Crippen LogP contribution in [-0.2, 0) is 64.7 Å². The third-order valence-corrected chi connectivity index (χ3v) is 13.9. The second-order valence-corrected chi connectivity index (χ2v) is 18.8. The molecule has 4 aromatic heterocycles. The van der Waals surface area contributed by atoms with Crippen molar-refractivity contribution >= 4 is 35.3 Å². The Morgan fingerprint density at radius 2 is 1.27 bits per heavy atom. The number of fused-ring (bicyclic) bond motifs is 2. The summed E-state index contributed by atoms with van der Waals surface area (Å²) in [6, 6.07) is 10.4. The fraction of sp³-hybridized carbons (Fsp3) is 0.500. The van der Waals surface area contributed by atoms with Crippen LogP contribution in [0.2, 0.25) is 0 Å². The number of hydrogen-bond acceptors (Lipinski definition) is 14. The average molecular weight is 957 g/mol. The molecule has 2 fully saturated rings. The zero-order chi connectivity index (χ0) is 48.3. The Morgan fingerprint density at radius 1 is 0.714 bits per heavy atom. The largest absolute Gasteiger partial charge is 0.379 e. The molecule has 5 aromatic rings. The number of nitrogens with zero attached hydrogens (tertiary/aromatic N) is 14. The summed E-state index contributed by atoms with van der Waals surface area (Å²) in [6.07, 6.45) is 14.9. The Labute approximate surface area is 405 Å². The van der Waals surface area contributed by atoms with Crippen LogP contribution in [0.5, 0.6) is 0 Å². The van der Waals surface area contributed by atoms with Crippen molar-refractivity contribution in [3.63, 3.8) is 0 Å². The zero-order valence-corrected chi connectivity index (χ0v) is 39.8. The molecule has 22 nitrogen and oxygen atoms in total. The van der Waals surface area contributed by atoms with Gasteiger partial charge in [0, 0.05) is 111 Å². The molecular formula is C48H60N16O6. The topological polar surface area (TPSA) is 221 Å². The second kappa shape index (κ2) is 20.6. The minimum absolute atomic E-state index is 0.00896. The molecule has 0 saturated carbocycles. The number of nitrogens with one attached hydrogen (secondary N) is 2. The van der Waals surface area contributed by atoms with Gasteiger partial charge in [-0.3, -0.25) is 43.5 Å². The Hall–Kier alpha value is -6.88. The van der Waals surface area contributed by atoms with E-state index in [4.69, 9.17) is 19.7 Å². The molecule has 22 heteroatoms. The van der Waals surface area contributed by atoms with Crippen LogP contribution in [0.3, 0.4) is 0 Å². The fourth-order valence-electron chi connectivity index (χ4n) is 9.60. The van der Waals surface area contributed by atoms with Gasteiger partial charge < -0.3 is 20.1 Å². The van der Waals surface area contributed by atoms with Gasteiger partial charge in [-0.15, -0.1) is 10.2 Å². The van der Waals surface area contributed by atoms with E-state index in [0.717, 1.165) is 74.6 Å². The van der Waals surface area contributed by atoms with Crippen LogP contribution < -0.4 is 20.4 Å². The van der Waals surface area contributed by atoms with E-state index in [1.54, 1.807) is 46.7 Å². The van der Waals surface area contributed by atoms with Gasteiger partial charge in [0.05, 0.1) is 36.7 Å². The third kappa shape index (κ3) is 10.5. The van der Waals surface area contributed by atoms with Crippen LogP contribution in [-0.4, -0.2) is 167 Å². The van der Waals surface area contributed by atoms with Crippen LogP contribution in [0.15, 0.2) is 73.4 Å². The smallest absolute Gasteiger partial charge is 0.291 e. The molecule has 2 saturated heterocycles. The van der Waals surface area contributed by atoms with Gasteiger partial charge in [0.2, 0.25) is 11.6 Å². The standard InChI is InChI=1S/C48H60N16O6/c1-57-41-21-35(13-17-59-25-37(26-59)69-3)53-63(41)20-16-40(48(57)68)52-46(66)44-50-31-62(56-44)24-33-11-7-8-12-34(33)29-70-38-27-60(28-38)18-14-36-22-42-58(2)47(67)39(15-19-64(42)54-36)51-45(65)43-49-30-61(55-43)23-32-9-5-4-6-10-32/h4-9,11-12,21-22,30-32,37-40H,10,13-20,23-29H2,1-3H3,(H,51,65)(H,52,66)/t32?,39-,40+/m1/s1. The first-order valence-electron chi connectivity index (χ1n) is 24.1. The predicted octanol–water partition coefficient (Wildman–Crippen LogP) is 1.09. The van der Waals surface area contributed by atoms with Gasteiger partial charge >= 0.3 is 0 Å². The van der Waals surface area contributed by atoms with E-state index < -0.39 is 23.9 Å². The lowest BCUT2D eigenvalue weighted by atomic mass is 10.0. The van der Waals surface area contributed by atoms with Gasteiger partial charge in [-0.25, -0.2) is 24.0 Å². The maximum absolute atomic E-state index is 13.5. The van der Waals surface area contributed by atoms with E-state index in [-0.39, 0.29) is 29.6 Å². The maximum Gasteiger partial charge on any atom is 0.291 e. The van der Waals surface area contributed by atoms with Crippen molar-refractivity contribution in [2.45, 2.75) is 89.2 Å². The highest BCUT2D eigenvalue weighted by atomic mass is 16.5. The number of hydrogen-bond donors (Lipinski definition) is 2. The van der Waals surface area contributed by atoms with Crippen molar-refractivity contribution in [2.75, 3.05) is 70.3 Å². The van der Waals surface area contributed by atoms with Crippen molar-refractivity contribution in [3.05, 3.63) is 108 Å². The van der Waals surface area contributed by atoms with Crippen LogP contribution in [0.25, 0.3) is 0 Å². The molecule has 0 radical (unpaired) electrons. The number of carbonyl (C=O) groups is 4. The van der Waals surface area contributed by atoms with Crippen molar-refractivity contribution in [1.82, 2.24) is 69.5 Å². The van der Waals surface area contributed by atoms with Crippen LogP contribution in [0.4, 0.5) is 11.6 Å². The van der Waals surface area contributed by atoms with Crippen molar-refractivity contribution in [1.29, 1.82) is 0 Å². The molecule has 2 N–H and O–H groups in total. The van der Waals surface area contributed by atoms with E-state index in [2.05, 4.69) is 52.8 Å². The average Bonchev–Trinajstić information content (AvgIpc) is 4.16. The van der Waals surface area contributed by atoms with Crippen molar-refractivity contribution in [2.24, 2.45) is 5.92 Å². The lowest BCUT2D eigenvalue weighted by Gasteiger charge is -2.39. The highest BCUT2D eigenvalue weighted by Gasteiger charge is 2.34. The number of likely N-dealkylation sites (tertiary alicyclic amines) is 2. The highest BCUT2D eigenvalue weighted by Crippen LogP contribution is 2.25. The van der Waals surface area contributed by atoms with E-state index >= 15 is 0 Å². The first-order valence-corrected chi connectivity index (χ1v) is 24.1. The molecule has 10 rings (SSSR count). The number of allylic oxidation sites excluding steroid dienone is 4. The molecule has 368 valence electrons. The van der Waals surface area contributed by atoms with Gasteiger partial charge in [0.25, 0.3) is 23.6 Å². The maximum atomic E-state index is 13.5.